The van der Waals surface area contributed by atoms with Crippen LogP contribution < -0.4 is 0 Å². The summed E-state index contributed by atoms with van der Waals surface area (Å²) in [6, 6.07) is 12.9. The van der Waals surface area contributed by atoms with Crippen LogP contribution in [0.15, 0.2) is 42.5 Å². The lowest BCUT2D eigenvalue weighted by atomic mass is 9.98. The molecule has 3 nitrogen and oxygen atoms in total. The molecule has 0 N–H and O–H groups in total. The zero-order valence-corrected chi connectivity index (χ0v) is 9.81. The number of hydrogen-bond donors (Lipinski definition) is 0. The summed E-state index contributed by atoms with van der Waals surface area (Å²) in [5, 5.41) is 10.7. The minimum absolute atomic E-state index is 0.128. The Balaban J connectivity index is 2.56. The van der Waals surface area contributed by atoms with Crippen molar-refractivity contribution in [1.29, 1.82) is 0 Å². The van der Waals surface area contributed by atoms with E-state index in [-0.39, 0.29) is 10.6 Å². The van der Waals surface area contributed by atoms with E-state index in [4.69, 9.17) is 0 Å². The molecule has 0 atom stereocenters. The Morgan fingerprint density at radius 3 is 2.53 bits per heavy atom. The van der Waals surface area contributed by atoms with E-state index in [0.29, 0.717) is 0 Å². The molecule has 0 unspecified atom stereocenters. The van der Waals surface area contributed by atoms with Gasteiger partial charge in [0, 0.05) is 12.1 Å². The molecule has 0 spiro atoms. The van der Waals surface area contributed by atoms with Gasteiger partial charge in [-0.2, -0.15) is 0 Å². The van der Waals surface area contributed by atoms with E-state index in [1.807, 2.05) is 38.1 Å². The molecule has 3 heteroatoms. The maximum Gasteiger partial charge on any atom is 0.270 e. The minimum atomic E-state index is -0.366. The van der Waals surface area contributed by atoms with E-state index in [1.165, 1.54) is 6.07 Å². The van der Waals surface area contributed by atoms with Gasteiger partial charge in [0.15, 0.2) is 0 Å². The molecule has 2 rings (SSSR count). The Morgan fingerprint density at radius 1 is 1.06 bits per heavy atom. The second-order valence-electron chi connectivity index (χ2n) is 4.13. The van der Waals surface area contributed by atoms with Gasteiger partial charge < -0.3 is 0 Å². The maximum absolute atomic E-state index is 10.7. The van der Waals surface area contributed by atoms with Crippen LogP contribution >= 0.6 is 0 Å². The van der Waals surface area contributed by atoms with Gasteiger partial charge in [0.2, 0.25) is 0 Å². The Bertz CT molecular complexity index is 576. The van der Waals surface area contributed by atoms with Crippen LogP contribution in [0.2, 0.25) is 0 Å². The van der Waals surface area contributed by atoms with Crippen molar-refractivity contribution in [2.75, 3.05) is 0 Å². The molecule has 0 heterocycles. The van der Waals surface area contributed by atoms with Crippen LogP contribution in [-0.4, -0.2) is 4.92 Å². The summed E-state index contributed by atoms with van der Waals surface area (Å²) >= 11 is 0. The summed E-state index contributed by atoms with van der Waals surface area (Å²) in [6.45, 7) is 4.02. The molecule has 2 aromatic rings. The first-order valence-electron chi connectivity index (χ1n) is 5.40. The van der Waals surface area contributed by atoms with Crippen LogP contribution in [0.1, 0.15) is 11.1 Å². The van der Waals surface area contributed by atoms with E-state index >= 15 is 0 Å². The van der Waals surface area contributed by atoms with Crippen molar-refractivity contribution in [1.82, 2.24) is 0 Å². The average molecular weight is 227 g/mol. The fraction of sp³-hybridized carbons (Fsp3) is 0.143. The lowest BCUT2D eigenvalue weighted by molar-refractivity contribution is -0.384. The van der Waals surface area contributed by atoms with Crippen LogP contribution in [0.5, 0.6) is 0 Å². The van der Waals surface area contributed by atoms with Crippen molar-refractivity contribution in [3.8, 4) is 11.1 Å². The van der Waals surface area contributed by atoms with Gasteiger partial charge in [-0.15, -0.1) is 0 Å². The van der Waals surface area contributed by atoms with Crippen LogP contribution in [0.3, 0.4) is 0 Å². The second kappa shape index (κ2) is 4.37. The molecule has 0 aliphatic rings. The maximum atomic E-state index is 10.7. The number of rotatable bonds is 2. The Labute approximate surface area is 99.9 Å². The predicted molar refractivity (Wildman–Crippen MR) is 68.0 cm³/mol. The van der Waals surface area contributed by atoms with Gasteiger partial charge in [-0.3, -0.25) is 10.1 Å². The molecule has 2 aromatic carbocycles. The summed E-state index contributed by atoms with van der Waals surface area (Å²) < 4.78 is 0. The molecule has 86 valence electrons. The van der Waals surface area contributed by atoms with E-state index in [9.17, 15) is 10.1 Å². The summed E-state index contributed by atoms with van der Waals surface area (Å²) in [7, 11) is 0. The molecule has 0 fully saturated rings. The third kappa shape index (κ3) is 2.33. The highest BCUT2D eigenvalue weighted by atomic mass is 16.6. The molecule has 0 saturated carbocycles. The Morgan fingerprint density at radius 2 is 1.82 bits per heavy atom. The fourth-order valence-electron chi connectivity index (χ4n) is 1.83. The van der Waals surface area contributed by atoms with Gasteiger partial charge in [0.05, 0.1) is 4.92 Å². The number of aryl methyl sites for hydroxylation is 2. The first-order chi connectivity index (χ1) is 8.08. The third-order valence-corrected chi connectivity index (χ3v) is 2.76. The van der Waals surface area contributed by atoms with Crippen LogP contribution in [-0.2, 0) is 0 Å². The summed E-state index contributed by atoms with van der Waals surface area (Å²) in [5.41, 5.74) is 4.34. The van der Waals surface area contributed by atoms with Gasteiger partial charge in [-0.1, -0.05) is 35.9 Å². The fourth-order valence-corrected chi connectivity index (χ4v) is 1.83. The SMILES string of the molecule is Cc1ccc(C)c(-c2cccc([N+](=O)[O-])c2)c1. The molecule has 0 bridgehead atoms. The highest BCUT2D eigenvalue weighted by molar-refractivity contribution is 5.69. The molecule has 0 saturated heterocycles. The molecule has 0 radical (unpaired) electrons. The van der Waals surface area contributed by atoms with Crippen molar-refractivity contribution >= 4 is 5.69 Å². The van der Waals surface area contributed by atoms with Gasteiger partial charge in [0.25, 0.3) is 5.69 Å². The second-order valence-corrected chi connectivity index (χ2v) is 4.13. The largest absolute Gasteiger partial charge is 0.270 e. The zero-order valence-electron chi connectivity index (χ0n) is 9.81. The summed E-state index contributed by atoms with van der Waals surface area (Å²) in [5.74, 6) is 0. The first kappa shape index (κ1) is 11.3. The topological polar surface area (TPSA) is 43.1 Å². The van der Waals surface area contributed by atoms with Crippen molar-refractivity contribution in [3.05, 3.63) is 63.7 Å². The molecular weight excluding hydrogens is 214 g/mol. The van der Waals surface area contributed by atoms with Crippen molar-refractivity contribution in [2.24, 2.45) is 0 Å². The highest BCUT2D eigenvalue weighted by Gasteiger charge is 2.08. The molecule has 0 aliphatic heterocycles. The van der Waals surface area contributed by atoms with Crippen molar-refractivity contribution in [2.45, 2.75) is 13.8 Å². The zero-order chi connectivity index (χ0) is 12.4. The molecule has 0 amide bonds. The van der Waals surface area contributed by atoms with Crippen molar-refractivity contribution < 1.29 is 4.92 Å². The smallest absolute Gasteiger partial charge is 0.258 e. The predicted octanol–water partition coefficient (Wildman–Crippen LogP) is 3.88. The minimum Gasteiger partial charge on any atom is -0.258 e. The summed E-state index contributed by atoms with van der Waals surface area (Å²) in [6.07, 6.45) is 0. The third-order valence-electron chi connectivity index (χ3n) is 2.76. The molecule has 17 heavy (non-hydrogen) atoms. The van der Waals surface area contributed by atoms with Crippen LogP contribution in [0.25, 0.3) is 11.1 Å². The number of hydrogen-bond acceptors (Lipinski definition) is 2. The molecule has 0 aromatic heterocycles. The van der Waals surface area contributed by atoms with E-state index in [0.717, 1.165) is 22.3 Å². The van der Waals surface area contributed by atoms with E-state index in [2.05, 4.69) is 0 Å². The molecule has 0 aliphatic carbocycles. The van der Waals surface area contributed by atoms with E-state index < -0.39 is 0 Å². The lowest BCUT2D eigenvalue weighted by Crippen LogP contribution is -1.89. The Hall–Kier alpha value is -2.16. The lowest BCUT2D eigenvalue weighted by Gasteiger charge is -2.07. The highest BCUT2D eigenvalue weighted by Crippen LogP contribution is 2.27. The van der Waals surface area contributed by atoms with Crippen LogP contribution in [0, 0.1) is 24.0 Å². The van der Waals surface area contributed by atoms with Gasteiger partial charge in [0.1, 0.15) is 0 Å². The van der Waals surface area contributed by atoms with Gasteiger partial charge >= 0.3 is 0 Å². The van der Waals surface area contributed by atoms with Gasteiger partial charge in [-0.05, 0) is 30.5 Å². The standard InChI is InChI=1S/C14H13NO2/c1-10-6-7-11(2)14(8-10)12-4-3-5-13(9-12)15(16)17/h3-9H,1-2H3. The number of nitro benzene ring substituents is 1. The van der Waals surface area contributed by atoms with E-state index in [1.54, 1.807) is 12.1 Å². The average Bonchev–Trinajstić information content (AvgIpc) is 2.32. The van der Waals surface area contributed by atoms with Crippen molar-refractivity contribution in [3.63, 3.8) is 0 Å². The first-order valence-corrected chi connectivity index (χ1v) is 5.40. The quantitative estimate of drug-likeness (QED) is 0.577. The summed E-state index contributed by atoms with van der Waals surface area (Å²) in [4.78, 5) is 10.4. The Kier molecular flexibility index (Phi) is 2.91. The van der Waals surface area contributed by atoms with Gasteiger partial charge in [-0.25, -0.2) is 0 Å². The number of benzene rings is 2. The monoisotopic (exact) mass is 227 g/mol. The normalized spacial score (nSPS) is 10.2. The number of nitrogens with zero attached hydrogens (tertiary/aromatic N) is 1. The molecular formula is C14H13NO2. The number of nitro groups is 1. The van der Waals surface area contributed by atoms with Crippen LogP contribution in [0.4, 0.5) is 5.69 Å². The number of non-ortho nitro benzene ring substituents is 1.